The summed E-state index contributed by atoms with van der Waals surface area (Å²) in [6, 6.07) is -1.33. The molecule has 0 bridgehead atoms. The van der Waals surface area contributed by atoms with Crippen LogP contribution in [0.5, 0.6) is 0 Å². The van der Waals surface area contributed by atoms with E-state index in [1.165, 1.54) is 7.11 Å². The highest BCUT2D eigenvalue weighted by molar-refractivity contribution is 5.82. The van der Waals surface area contributed by atoms with Crippen molar-refractivity contribution in [3.63, 3.8) is 0 Å². The van der Waals surface area contributed by atoms with Gasteiger partial charge in [-0.15, -0.1) is 0 Å². The third kappa shape index (κ3) is 6.21. The molecule has 1 unspecified atom stereocenters. The number of hydrogen-bond acceptors (Lipinski definition) is 4. The second-order valence-electron chi connectivity index (χ2n) is 5.27. The summed E-state index contributed by atoms with van der Waals surface area (Å²) in [5, 5.41) is 14.2. The Morgan fingerprint density at radius 1 is 1.40 bits per heavy atom. The number of methoxy groups -OCH3 is 1. The van der Waals surface area contributed by atoms with E-state index < -0.39 is 18.0 Å². The lowest BCUT2D eigenvalue weighted by Crippen LogP contribution is -2.48. The van der Waals surface area contributed by atoms with Gasteiger partial charge in [0.05, 0.1) is 0 Å². The van der Waals surface area contributed by atoms with E-state index in [1.807, 2.05) is 0 Å². The number of nitrogens with zero attached hydrogens (tertiary/aromatic N) is 1. The molecule has 1 saturated heterocycles. The fraction of sp³-hybridized carbons (Fsp3) is 0.846. The Morgan fingerprint density at radius 2 is 2.05 bits per heavy atom. The number of hydrogen-bond donors (Lipinski definition) is 3. The van der Waals surface area contributed by atoms with E-state index in [0.717, 1.165) is 25.9 Å². The van der Waals surface area contributed by atoms with Gasteiger partial charge in [0.15, 0.2) is 0 Å². The SMILES string of the molecule is COCCC(NC(=O)NCC1CCN(C)CC1)C(=O)O. The summed E-state index contributed by atoms with van der Waals surface area (Å²) in [7, 11) is 3.59. The van der Waals surface area contributed by atoms with Crippen LogP contribution in [0.1, 0.15) is 19.3 Å². The quantitative estimate of drug-likeness (QED) is 0.618. The van der Waals surface area contributed by atoms with Crippen molar-refractivity contribution < 1.29 is 19.4 Å². The Hall–Kier alpha value is -1.34. The van der Waals surface area contributed by atoms with Gasteiger partial charge in [-0.25, -0.2) is 9.59 Å². The first-order valence-electron chi connectivity index (χ1n) is 6.97. The van der Waals surface area contributed by atoms with Gasteiger partial charge in [-0.2, -0.15) is 0 Å². The lowest BCUT2D eigenvalue weighted by molar-refractivity contribution is -0.139. The number of piperidine rings is 1. The zero-order valence-corrected chi connectivity index (χ0v) is 12.2. The van der Waals surface area contributed by atoms with E-state index in [-0.39, 0.29) is 6.42 Å². The first-order valence-corrected chi connectivity index (χ1v) is 6.97. The average molecular weight is 287 g/mol. The first-order chi connectivity index (χ1) is 9.52. The number of nitrogens with one attached hydrogen (secondary N) is 2. The van der Waals surface area contributed by atoms with Crippen LogP contribution >= 0.6 is 0 Å². The normalized spacial score (nSPS) is 18.5. The number of carbonyl (C=O) groups is 2. The predicted molar refractivity (Wildman–Crippen MR) is 74.7 cm³/mol. The van der Waals surface area contributed by atoms with E-state index in [9.17, 15) is 9.59 Å². The summed E-state index contributed by atoms with van der Waals surface area (Å²) in [5.41, 5.74) is 0. The second-order valence-corrected chi connectivity index (χ2v) is 5.27. The number of rotatable bonds is 7. The maximum absolute atomic E-state index is 11.7. The minimum absolute atomic E-state index is 0.257. The fourth-order valence-corrected chi connectivity index (χ4v) is 2.21. The molecule has 1 rings (SSSR count). The Kier molecular flexibility index (Phi) is 7.32. The molecular weight excluding hydrogens is 262 g/mol. The van der Waals surface area contributed by atoms with Gasteiger partial charge in [0.25, 0.3) is 0 Å². The lowest BCUT2D eigenvalue weighted by atomic mass is 9.97. The van der Waals surface area contributed by atoms with Crippen molar-refractivity contribution in [2.45, 2.75) is 25.3 Å². The molecule has 1 aliphatic rings. The minimum Gasteiger partial charge on any atom is -0.480 e. The highest BCUT2D eigenvalue weighted by atomic mass is 16.5. The van der Waals surface area contributed by atoms with Crippen LogP contribution in [0.25, 0.3) is 0 Å². The minimum atomic E-state index is -1.04. The summed E-state index contributed by atoms with van der Waals surface area (Å²) in [6.07, 6.45) is 2.37. The number of amides is 2. The van der Waals surface area contributed by atoms with Crippen molar-refractivity contribution in [1.29, 1.82) is 0 Å². The largest absolute Gasteiger partial charge is 0.480 e. The fourth-order valence-electron chi connectivity index (χ4n) is 2.21. The van der Waals surface area contributed by atoms with Gasteiger partial charge in [-0.1, -0.05) is 0 Å². The average Bonchev–Trinajstić information content (AvgIpc) is 2.42. The van der Waals surface area contributed by atoms with Gasteiger partial charge in [0, 0.05) is 26.7 Å². The summed E-state index contributed by atoms with van der Waals surface area (Å²) < 4.78 is 4.83. The van der Waals surface area contributed by atoms with Crippen molar-refractivity contribution in [2.75, 3.05) is 40.4 Å². The predicted octanol–water partition coefficient (Wildman–Crippen LogP) is 0.117. The summed E-state index contributed by atoms with van der Waals surface area (Å²) in [4.78, 5) is 24.9. The number of ether oxygens (including phenoxy) is 1. The molecule has 0 aromatic carbocycles. The van der Waals surface area contributed by atoms with Gasteiger partial charge in [-0.3, -0.25) is 0 Å². The van der Waals surface area contributed by atoms with Crippen LogP contribution in [-0.4, -0.2) is 68.4 Å². The molecule has 0 aromatic rings. The number of carbonyl (C=O) groups excluding carboxylic acids is 1. The topological polar surface area (TPSA) is 90.9 Å². The molecule has 7 heteroatoms. The molecule has 1 atom stereocenters. The molecule has 3 N–H and O–H groups in total. The third-order valence-electron chi connectivity index (χ3n) is 3.60. The molecule has 1 fully saturated rings. The third-order valence-corrected chi connectivity index (χ3v) is 3.60. The van der Waals surface area contributed by atoms with Crippen LogP contribution in [0.15, 0.2) is 0 Å². The molecule has 0 radical (unpaired) electrons. The van der Waals surface area contributed by atoms with E-state index in [1.54, 1.807) is 0 Å². The van der Waals surface area contributed by atoms with Gasteiger partial charge in [0.1, 0.15) is 6.04 Å². The summed E-state index contributed by atoms with van der Waals surface area (Å²) in [6.45, 7) is 2.97. The molecule has 0 aromatic heterocycles. The summed E-state index contributed by atoms with van der Waals surface area (Å²) in [5.74, 6) is -0.573. The molecular formula is C13H25N3O4. The van der Waals surface area contributed by atoms with E-state index in [0.29, 0.717) is 19.1 Å². The number of urea groups is 1. The number of carboxylic acids is 1. The molecule has 0 saturated carbocycles. The zero-order chi connectivity index (χ0) is 15.0. The Bertz CT molecular complexity index is 317. The van der Waals surface area contributed by atoms with Gasteiger partial charge < -0.3 is 25.4 Å². The van der Waals surface area contributed by atoms with Crippen LogP contribution in [0.2, 0.25) is 0 Å². The van der Waals surface area contributed by atoms with Crippen LogP contribution in [0.3, 0.4) is 0 Å². The Morgan fingerprint density at radius 3 is 2.60 bits per heavy atom. The van der Waals surface area contributed by atoms with Crippen LogP contribution in [0.4, 0.5) is 4.79 Å². The molecule has 0 aliphatic carbocycles. The molecule has 20 heavy (non-hydrogen) atoms. The molecule has 7 nitrogen and oxygen atoms in total. The maximum Gasteiger partial charge on any atom is 0.326 e. The van der Waals surface area contributed by atoms with Crippen LogP contribution in [-0.2, 0) is 9.53 Å². The van der Waals surface area contributed by atoms with Crippen LogP contribution < -0.4 is 10.6 Å². The second kappa shape index (κ2) is 8.76. The molecule has 1 heterocycles. The molecule has 0 spiro atoms. The van der Waals surface area contributed by atoms with E-state index in [2.05, 4.69) is 22.6 Å². The monoisotopic (exact) mass is 287 g/mol. The van der Waals surface area contributed by atoms with Crippen molar-refractivity contribution in [3.8, 4) is 0 Å². The van der Waals surface area contributed by atoms with E-state index >= 15 is 0 Å². The van der Waals surface area contributed by atoms with Crippen molar-refractivity contribution in [2.24, 2.45) is 5.92 Å². The number of aliphatic carboxylic acids is 1. The highest BCUT2D eigenvalue weighted by Gasteiger charge is 2.21. The van der Waals surface area contributed by atoms with Gasteiger partial charge in [0.2, 0.25) is 0 Å². The number of likely N-dealkylation sites (tertiary alicyclic amines) is 1. The van der Waals surface area contributed by atoms with Gasteiger partial charge >= 0.3 is 12.0 Å². The van der Waals surface area contributed by atoms with E-state index in [4.69, 9.17) is 9.84 Å². The van der Waals surface area contributed by atoms with Crippen LogP contribution in [0, 0.1) is 5.92 Å². The molecule has 1 aliphatic heterocycles. The summed E-state index contributed by atoms with van der Waals surface area (Å²) >= 11 is 0. The Labute approximate surface area is 119 Å². The number of carboxylic acid groups (broad SMARTS) is 1. The lowest BCUT2D eigenvalue weighted by Gasteiger charge is -2.29. The van der Waals surface area contributed by atoms with Crippen molar-refractivity contribution in [1.82, 2.24) is 15.5 Å². The molecule has 2 amide bonds. The zero-order valence-electron chi connectivity index (χ0n) is 12.2. The molecule has 116 valence electrons. The smallest absolute Gasteiger partial charge is 0.326 e. The van der Waals surface area contributed by atoms with Crippen molar-refractivity contribution in [3.05, 3.63) is 0 Å². The van der Waals surface area contributed by atoms with Gasteiger partial charge in [-0.05, 0) is 38.9 Å². The maximum atomic E-state index is 11.7. The highest BCUT2D eigenvalue weighted by Crippen LogP contribution is 2.14. The van der Waals surface area contributed by atoms with Crippen molar-refractivity contribution >= 4 is 12.0 Å². The first kappa shape index (κ1) is 16.7. The standard InChI is InChI=1S/C13H25N3O4/c1-16-6-3-10(4-7-16)9-14-13(19)15-11(12(17)18)5-8-20-2/h10-11H,3-9H2,1-2H3,(H,17,18)(H2,14,15,19). The Balaban J connectivity index is 2.25.